The number of likely N-dealkylation sites (tertiary alicyclic amines) is 1. The van der Waals surface area contributed by atoms with E-state index in [0.29, 0.717) is 19.6 Å². The summed E-state index contributed by atoms with van der Waals surface area (Å²) >= 11 is 0. The molecule has 0 spiro atoms. The minimum absolute atomic E-state index is 0.0321. The van der Waals surface area contributed by atoms with Gasteiger partial charge in [-0.25, -0.2) is 0 Å². The van der Waals surface area contributed by atoms with E-state index in [9.17, 15) is 14.4 Å². The summed E-state index contributed by atoms with van der Waals surface area (Å²) in [4.78, 5) is 37.2. The van der Waals surface area contributed by atoms with Crippen LogP contribution in [-0.4, -0.2) is 47.8 Å². The van der Waals surface area contributed by atoms with Crippen LogP contribution in [0, 0.1) is 11.8 Å². The van der Waals surface area contributed by atoms with Crippen molar-refractivity contribution in [3.63, 3.8) is 0 Å². The van der Waals surface area contributed by atoms with Crippen molar-refractivity contribution in [3.8, 4) is 0 Å². The van der Waals surface area contributed by atoms with Crippen molar-refractivity contribution in [2.45, 2.75) is 45.6 Å². The average molecular weight is 295 g/mol. The summed E-state index contributed by atoms with van der Waals surface area (Å²) in [6.45, 7) is 7.25. The lowest BCUT2D eigenvalue weighted by Gasteiger charge is -2.31. The number of nitrogens with zero attached hydrogens (tertiary/aromatic N) is 1. The highest BCUT2D eigenvalue weighted by atomic mass is 16.2. The Balaban J connectivity index is 1.69. The molecule has 1 heterocycles. The van der Waals surface area contributed by atoms with Crippen molar-refractivity contribution >= 4 is 17.7 Å². The molecule has 2 rings (SSSR count). The third kappa shape index (κ3) is 4.19. The average Bonchev–Trinajstić information content (AvgIpc) is 3.15. The van der Waals surface area contributed by atoms with E-state index in [4.69, 9.17) is 0 Å². The summed E-state index contributed by atoms with van der Waals surface area (Å²) in [6, 6.07) is 0. The molecular formula is C15H25N3O3. The molecule has 0 bridgehead atoms. The number of amides is 3. The van der Waals surface area contributed by atoms with Gasteiger partial charge in [0.1, 0.15) is 0 Å². The summed E-state index contributed by atoms with van der Waals surface area (Å²) in [7, 11) is 0. The number of carbonyl (C=O) groups excluding carboxylic acids is 3. The van der Waals surface area contributed by atoms with E-state index in [1.807, 2.05) is 20.8 Å². The first-order chi connectivity index (χ1) is 9.79. The number of carbonyl (C=O) groups is 3. The SMILES string of the molecule is CC(C)(C)N1CC(C(=O)NCCNC(=O)C2CC2)CC1=O. The smallest absolute Gasteiger partial charge is 0.225 e. The Morgan fingerprint density at radius 1 is 1.10 bits per heavy atom. The molecule has 0 aromatic rings. The quantitative estimate of drug-likeness (QED) is 0.715. The Kier molecular flexibility index (Phi) is 4.54. The Hall–Kier alpha value is -1.59. The molecule has 0 aromatic carbocycles. The van der Waals surface area contributed by atoms with Gasteiger partial charge >= 0.3 is 0 Å². The molecule has 0 aromatic heterocycles. The number of hydrogen-bond acceptors (Lipinski definition) is 3. The van der Waals surface area contributed by atoms with Crippen LogP contribution in [0.4, 0.5) is 0 Å². The molecule has 6 nitrogen and oxygen atoms in total. The predicted octanol–water partition coefficient (Wildman–Crippen LogP) is 0.276. The van der Waals surface area contributed by atoms with Gasteiger partial charge in [-0.15, -0.1) is 0 Å². The van der Waals surface area contributed by atoms with Crippen LogP contribution in [0.1, 0.15) is 40.0 Å². The van der Waals surface area contributed by atoms with E-state index in [2.05, 4.69) is 10.6 Å². The number of nitrogens with one attached hydrogen (secondary N) is 2. The molecule has 1 aliphatic carbocycles. The molecule has 1 saturated carbocycles. The van der Waals surface area contributed by atoms with Crippen molar-refractivity contribution < 1.29 is 14.4 Å². The molecule has 2 aliphatic rings. The fourth-order valence-electron chi connectivity index (χ4n) is 2.54. The molecule has 1 saturated heterocycles. The summed E-state index contributed by atoms with van der Waals surface area (Å²) < 4.78 is 0. The second-order valence-electron chi connectivity index (χ2n) is 6.93. The van der Waals surface area contributed by atoms with Crippen LogP contribution in [0.15, 0.2) is 0 Å². The van der Waals surface area contributed by atoms with E-state index < -0.39 is 0 Å². The van der Waals surface area contributed by atoms with Gasteiger partial charge in [-0.1, -0.05) is 0 Å². The lowest BCUT2D eigenvalue weighted by Crippen LogP contribution is -2.43. The predicted molar refractivity (Wildman–Crippen MR) is 78.3 cm³/mol. The Bertz CT molecular complexity index is 438. The first kappa shape index (κ1) is 15.8. The van der Waals surface area contributed by atoms with E-state index in [1.165, 1.54) is 0 Å². The first-order valence-corrected chi connectivity index (χ1v) is 7.65. The van der Waals surface area contributed by atoms with Gasteiger partial charge < -0.3 is 15.5 Å². The van der Waals surface area contributed by atoms with E-state index in [0.717, 1.165) is 12.8 Å². The molecule has 6 heteroatoms. The maximum absolute atomic E-state index is 12.1. The molecule has 1 aliphatic heterocycles. The molecule has 3 amide bonds. The monoisotopic (exact) mass is 295 g/mol. The maximum atomic E-state index is 12.1. The largest absolute Gasteiger partial charge is 0.354 e. The second-order valence-corrected chi connectivity index (χ2v) is 6.93. The third-order valence-corrected chi connectivity index (χ3v) is 3.98. The van der Waals surface area contributed by atoms with Crippen LogP contribution in [0.3, 0.4) is 0 Å². The van der Waals surface area contributed by atoms with Gasteiger partial charge in [0.25, 0.3) is 0 Å². The third-order valence-electron chi connectivity index (χ3n) is 3.98. The second kappa shape index (κ2) is 6.03. The minimum atomic E-state index is -0.282. The van der Waals surface area contributed by atoms with E-state index >= 15 is 0 Å². The van der Waals surface area contributed by atoms with E-state index in [1.54, 1.807) is 4.90 Å². The number of hydrogen-bond donors (Lipinski definition) is 2. The summed E-state index contributed by atoms with van der Waals surface area (Å²) in [5.74, 6) is -0.0796. The van der Waals surface area contributed by atoms with Gasteiger partial charge in [0.2, 0.25) is 17.7 Å². The normalized spacial score (nSPS) is 22.3. The van der Waals surface area contributed by atoms with E-state index in [-0.39, 0.29) is 41.5 Å². The van der Waals surface area contributed by atoms with Gasteiger partial charge in [-0.3, -0.25) is 14.4 Å². The first-order valence-electron chi connectivity index (χ1n) is 7.65. The topological polar surface area (TPSA) is 78.5 Å². The van der Waals surface area contributed by atoms with Gasteiger partial charge in [0.15, 0.2) is 0 Å². The van der Waals surface area contributed by atoms with Crippen molar-refractivity contribution in [1.82, 2.24) is 15.5 Å². The standard InChI is InChI=1S/C15H25N3O3/c1-15(2,3)18-9-11(8-12(18)19)14(21)17-7-6-16-13(20)10-4-5-10/h10-11H,4-9H2,1-3H3,(H,16,20)(H,17,21). The molecule has 2 fully saturated rings. The summed E-state index contributed by atoms with van der Waals surface area (Å²) in [6.07, 6.45) is 2.23. The zero-order valence-electron chi connectivity index (χ0n) is 13.1. The molecule has 118 valence electrons. The van der Waals surface area contributed by atoms with Crippen LogP contribution in [0.2, 0.25) is 0 Å². The highest BCUT2D eigenvalue weighted by Crippen LogP contribution is 2.28. The lowest BCUT2D eigenvalue weighted by molar-refractivity contribution is -0.132. The van der Waals surface area contributed by atoms with Crippen LogP contribution < -0.4 is 10.6 Å². The van der Waals surface area contributed by atoms with Crippen molar-refractivity contribution in [1.29, 1.82) is 0 Å². The van der Waals surface area contributed by atoms with Crippen LogP contribution in [-0.2, 0) is 14.4 Å². The minimum Gasteiger partial charge on any atom is -0.354 e. The maximum Gasteiger partial charge on any atom is 0.225 e. The van der Waals surface area contributed by atoms with Gasteiger partial charge in [-0.2, -0.15) is 0 Å². The van der Waals surface area contributed by atoms with Gasteiger partial charge in [0.05, 0.1) is 5.92 Å². The van der Waals surface area contributed by atoms with Crippen molar-refractivity contribution in [2.75, 3.05) is 19.6 Å². The molecule has 1 unspecified atom stereocenters. The highest BCUT2D eigenvalue weighted by Gasteiger charge is 2.39. The lowest BCUT2D eigenvalue weighted by atomic mass is 10.1. The molecule has 1 atom stereocenters. The summed E-state index contributed by atoms with van der Waals surface area (Å²) in [5, 5.41) is 5.60. The van der Waals surface area contributed by atoms with Gasteiger partial charge in [-0.05, 0) is 33.6 Å². The molecular weight excluding hydrogens is 270 g/mol. The summed E-state index contributed by atoms with van der Waals surface area (Å²) in [5.41, 5.74) is -0.246. The molecule has 2 N–H and O–H groups in total. The van der Waals surface area contributed by atoms with Crippen LogP contribution >= 0.6 is 0 Å². The molecule has 21 heavy (non-hydrogen) atoms. The number of rotatable bonds is 5. The Morgan fingerprint density at radius 2 is 1.62 bits per heavy atom. The Labute approximate surface area is 125 Å². The highest BCUT2D eigenvalue weighted by molar-refractivity contribution is 5.89. The van der Waals surface area contributed by atoms with Gasteiger partial charge in [0, 0.05) is 37.5 Å². The zero-order chi connectivity index (χ0) is 15.6. The van der Waals surface area contributed by atoms with Crippen molar-refractivity contribution in [2.24, 2.45) is 11.8 Å². The van der Waals surface area contributed by atoms with Crippen LogP contribution in [0.5, 0.6) is 0 Å². The van der Waals surface area contributed by atoms with Crippen molar-refractivity contribution in [3.05, 3.63) is 0 Å². The fraction of sp³-hybridized carbons (Fsp3) is 0.800. The Morgan fingerprint density at radius 3 is 2.05 bits per heavy atom. The fourth-order valence-corrected chi connectivity index (χ4v) is 2.54. The molecule has 0 radical (unpaired) electrons. The zero-order valence-corrected chi connectivity index (χ0v) is 13.1. The van der Waals surface area contributed by atoms with Crippen LogP contribution in [0.25, 0.3) is 0 Å².